The third-order valence-electron chi connectivity index (χ3n) is 7.27. The van der Waals surface area contributed by atoms with Crippen LogP contribution in [0.1, 0.15) is 51.7 Å². The molecule has 1 spiro atoms. The summed E-state index contributed by atoms with van der Waals surface area (Å²) >= 11 is 0. The van der Waals surface area contributed by atoms with Gasteiger partial charge in [-0.25, -0.2) is 8.78 Å². The number of carbonyl (C=O) groups excluding carboxylic acids is 2. The molecule has 10 heteroatoms. The fourth-order valence-corrected chi connectivity index (χ4v) is 5.35. The Bertz CT molecular complexity index is 1450. The van der Waals surface area contributed by atoms with Gasteiger partial charge in [0.15, 0.2) is 11.4 Å². The van der Waals surface area contributed by atoms with Crippen molar-refractivity contribution in [1.82, 2.24) is 14.8 Å². The fourth-order valence-electron chi connectivity index (χ4n) is 5.35. The summed E-state index contributed by atoms with van der Waals surface area (Å²) in [6, 6.07) is 12.2. The van der Waals surface area contributed by atoms with Gasteiger partial charge in [-0.3, -0.25) is 14.4 Å². The molecule has 1 unspecified atom stereocenters. The van der Waals surface area contributed by atoms with Gasteiger partial charge in [0.25, 0.3) is 11.8 Å². The maximum Gasteiger partial charge on any atom is 0.275 e. The van der Waals surface area contributed by atoms with Crippen molar-refractivity contribution in [3.63, 3.8) is 0 Å². The predicted octanol–water partition coefficient (Wildman–Crippen LogP) is 3.66. The third-order valence-corrected chi connectivity index (χ3v) is 7.27. The number of pyridine rings is 1. The van der Waals surface area contributed by atoms with Gasteiger partial charge in [-0.15, -0.1) is 0 Å². The molecule has 0 saturated carbocycles. The van der Waals surface area contributed by atoms with Crippen LogP contribution in [0.3, 0.4) is 0 Å². The summed E-state index contributed by atoms with van der Waals surface area (Å²) in [6.45, 7) is 3.31. The molecule has 1 atom stereocenters. The number of halogens is 2. The van der Waals surface area contributed by atoms with Crippen molar-refractivity contribution in [2.24, 2.45) is 0 Å². The molecule has 39 heavy (non-hydrogen) atoms. The first-order chi connectivity index (χ1) is 18.8. The summed E-state index contributed by atoms with van der Waals surface area (Å²) in [4.78, 5) is 42.4. The number of nitrogens with zero attached hydrogens (tertiary/aromatic N) is 2. The number of benzene rings is 2. The van der Waals surface area contributed by atoms with Crippen LogP contribution in [0, 0.1) is 11.6 Å². The number of carbonyl (C=O) groups is 2. The molecule has 1 fully saturated rings. The van der Waals surface area contributed by atoms with Gasteiger partial charge >= 0.3 is 0 Å². The predicted molar refractivity (Wildman–Crippen MR) is 138 cm³/mol. The normalized spacial score (nSPS) is 18.6. The summed E-state index contributed by atoms with van der Waals surface area (Å²) in [5.41, 5.74) is -0.674. The zero-order chi connectivity index (χ0) is 27.6. The number of hydrogen-bond acceptors (Lipinski definition) is 5. The van der Waals surface area contributed by atoms with Crippen molar-refractivity contribution in [2.45, 2.75) is 45.0 Å². The summed E-state index contributed by atoms with van der Waals surface area (Å²) in [5.74, 6) is -2.89. The molecule has 0 aliphatic carbocycles. The summed E-state index contributed by atoms with van der Waals surface area (Å²) < 4.78 is 40.7. The van der Waals surface area contributed by atoms with E-state index in [9.17, 15) is 23.2 Å². The van der Waals surface area contributed by atoms with E-state index in [-0.39, 0.29) is 41.6 Å². The molecule has 1 saturated heterocycles. The van der Waals surface area contributed by atoms with Crippen LogP contribution in [0.25, 0.3) is 0 Å². The van der Waals surface area contributed by atoms with Crippen LogP contribution in [0.5, 0.6) is 5.75 Å². The Hall–Kier alpha value is -4.05. The number of amides is 2. The molecule has 0 bridgehead atoms. The first-order valence-electron chi connectivity index (χ1n) is 12.9. The second-order valence-electron chi connectivity index (χ2n) is 9.80. The molecule has 8 nitrogen and oxygen atoms in total. The van der Waals surface area contributed by atoms with Crippen LogP contribution in [0.15, 0.2) is 59.5 Å². The van der Waals surface area contributed by atoms with Crippen LogP contribution in [-0.2, 0) is 24.4 Å². The Labute approximate surface area is 224 Å². The molecule has 0 radical (unpaired) electrons. The standard InChI is InChI=1S/C29H29F2N3O5/c1-2-34-28(37)24-26(39-16-19-7-4-3-5-8-19)25(35)22(15-33(24)17-29(34)11-6-12-38-18-29)27(36)32-14-20-9-10-21(30)13-23(20)31/h3-5,7-10,13,15H,2,6,11-12,14,16-18H2,1H3,(H,32,36). The van der Waals surface area contributed by atoms with E-state index in [1.54, 1.807) is 9.47 Å². The fraction of sp³-hybridized carbons (Fsp3) is 0.345. The average Bonchev–Trinajstić information content (AvgIpc) is 2.93. The lowest BCUT2D eigenvalue weighted by Gasteiger charge is -2.49. The highest BCUT2D eigenvalue weighted by Gasteiger charge is 2.47. The Morgan fingerprint density at radius 3 is 2.64 bits per heavy atom. The average molecular weight is 538 g/mol. The van der Waals surface area contributed by atoms with Crippen molar-refractivity contribution in [1.29, 1.82) is 0 Å². The monoisotopic (exact) mass is 537 g/mol. The van der Waals surface area contributed by atoms with Crippen molar-refractivity contribution >= 4 is 11.8 Å². The molecule has 2 amide bonds. The van der Waals surface area contributed by atoms with Crippen LogP contribution in [0.2, 0.25) is 0 Å². The van der Waals surface area contributed by atoms with E-state index in [1.807, 2.05) is 37.3 Å². The SMILES string of the molecule is CCN1C(=O)c2c(OCc3ccccc3)c(=O)c(C(=O)NCc3ccc(F)cc3F)cn2CC12CCCOC2. The van der Waals surface area contributed by atoms with Gasteiger partial charge in [0.05, 0.1) is 12.1 Å². The van der Waals surface area contributed by atoms with Gasteiger partial charge in [0.2, 0.25) is 5.43 Å². The second-order valence-corrected chi connectivity index (χ2v) is 9.80. The molecule has 2 aromatic carbocycles. The highest BCUT2D eigenvalue weighted by Crippen LogP contribution is 2.36. The minimum atomic E-state index is -0.811. The molecule has 3 aromatic rings. The van der Waals surface area contributed by atoms with Crippen LogP contribution >= 0.6 is 0 Å². The van der Waals surface area contributed by atoms with Crippen LogP contribution in [0.4, 0.5) is 8.78 Å². The molecule has 204 valence electrons. The van der Waals surface area contributed by atoms with Gasteiger partial charge in [-0.1, -0.05) is 36.4 Å². The molecule has 1 aromatic heterocycles. The quantitative estimate of drug-likeness (QED) is 0.497. The number of hydrogen-bond donors (Lipinski definition) is 1. The highest BCUT2D eigenvalue weighted by atomic mass is 19.1. The first kappa shape index (κ1) is 26.6. The van der Waals surface area contributed by atoms with Crippen molar-refractivity contribution in [3.8, 4) is 5.75 Å². The Kier molecular flexibility index (Phi) is 7.47. The number of rotatable bonds is 7. The van der Waals surface area contributed by atoms with Gasteiger partial charge in [0.1, 0.15) is 23.8 Å². The number of likely N-dealkylation sites (N-methyl/N-ethyl adjacent to an activating group) is 1. The van der Waals surface area contributed by atoms with E-state index in [1.165, 1.54) is 12.3 Å². The molecule has 3 heterocycles. The number of ether oxygens (including phenoxy) is 2. The van der Waals surface area contributed by atoms with E-state index in [0.29, 0.717) is 32.7 Å². The van der Waals surface area contributed by atoms with E-state index in [0.717, 1.165) is 24.1 Å². The molecule has 5 rings (SSSR count). The van der Waals surface area contributed by atoms with E-state index in [2.05, 4.69) is 5.32 Å². The lowest BCUT2D eigenvalue weighted by Crippen LogP contribution is -2.62. The maximum absolute atomic E-state index is 14.1. The molecular weight excluding hydrogens is 508 g/mol. The van der Waals surface area contributed by atoms with Crippen molar-refractivity contribution in [3.05, 3.63) is 99.0 Å². The molecule has 2 aliphatic heterocycles. The maximum atomic E-state index is 14.1. The van der Waals surface area contributed by atoms with E-state index >= 15 is 0 Å². The second kappa shape index (κ2) is 11.0. The number of aromatic nitrogens is 1. The number of fused-ring (bicyclic) bond motifs is 1. The Balaban J connectivity index is 1.54. The lowest BCUT2D eigenvalue weighted by molar-refractivity contribution is -0.0527. The third kappa shape index (κ3) is 5.16. The summed E-state index contributed by atoms with van der Waals surface area (Å²) in [6.07, 6.45) is 2.85. The summed E-state index contributed by atoms with van der Waals surface area (Å²) in [7, 11) is 0. The minimum absolute atomic E-state index is 0.0165. The summed E-state index contributed by atoms with van der Waals surface area (Å²) in [5, 5.41) is 2.54. The minimum Gasteiger partial charge on any atom is -0.483 e. The van der Waals surface area contributed by atoms with Crippen molar-refractivity contribution < 1.29 is 27.8 Å². The number of nitrogens with one attached hydrogen (secondary N) is 1. The van der Waals surface area contributed by atoms with Gasteiger partial charge < -0.3 is 24.3 Å². The molecular formula is C29H29F2N3O5. The van der Waals surface area contributed by atoms with Crippen LogP contribution in [-0.4, -0.2) is 46.6 Å². The van der Waals surface area contributed by atoms with Gasteiger partial charge in [-0.2, -0.15) is 0 Å². The van der Waals surface area contributed by atoms with E-state index < -0.39 is 28.5 Å². The zero-order valence-electron chi connectivity index (χ0n) is 21.5. The van der Waals surface area contributed by atoms with Gasteiger partial charge in [0, 0.05) is 44.1 Å². The van der Waals surface area contributed by atoms with E-state index in [4.69, 9.17) is 9.47 Å². The van der Waals surface area contributed by atoms with Crippen molar-refractivity contribution in [2.75, 3.05) is 19.8 Å². The van der Waals surface area contributed by atoms with Crippen LogP contribution < -0.4 is 15.5 Å². The van der Waals surface area contributed by atoms with Gasteiger partial charge in [-0.05, 0) is 31.4 Å². The molecule has 1 N–H and O–H groups in total. The zero-order valence-corrected chi connectivity index (χ0v) is 21.5. The topological polar surface area (TPSA) is 89.9 Å². The molecule has 2 aliphatic rings. The lowest BCUT2D eigenvalue weighted by atomic mass is 9.87. The first-order valence-corrected chi connectivity index (χ1v) is 12.9. The highest BCUT2D eigenvalue weighted by molar-refractivity contribution is 5.99. The Morgan fingerprint density at radius 2 is 1.95 bits per heavy atom. The largest absolute Gasteiger partial charge is 0.483 e. The smallest absolute Gasteiger partial charge is 0.275 e. The Morgan fingerprint density at radius 1 is 1.15 bits per heavy atom.